The smallest absolute Gasteiger partial charge is 0.00130 e. The molecule has 4 aromatic rings. The van der Waals surface area contributed by atoms with Crippen LogP contribution in [0.1, 0.15) is 22.3 Å². The molecule has 23 heavy (non-hydrogen) atoms. The normalized spacial score (nSPS) is 12.6. The summed E-state index contributed by atoms with van der Waals surface area (Å²) in [5.74, 6) is 0. The van der Waals surface area contributed by atoms with Crippen molar-refractivity contribution in [2.24, 2.45) is 0 Å². The van der Waals surface area contributed by atoms with E-state index in [9.17, 15) is 0 Å². The maximum absolute atomic E-state index is 2.33. The van der Waals surface area contributed by atoms with Gasteiger partial charge in [0.2, 0.25) is 0 Å². The van der Waals surface area contributed by atoms with Crippen LogP contribution in [-0.2, 0) is 6.42 Å². The Balaban J connectivity index is 1.99. The molecule has 0 amide bonds. The molecule has 1 aliphatic rings. The third-order valence-corrected chi connectivity index (χ3v) is 5.36. The van der Waals surface area contributed by atoms with Gasteiger partial charge in [0, 0.05) is 0 Å². The summed E-state index contributed by atoms with van der Waals surface area (Å²) in [7, 11) is 0. The second kappa shape index (κ2) is 4.45. The van der Waals surface area contributed by atoms with Gasteiger partial charge in [-0.3, -0.25) is 0 Å². The zero-order chi connectivity index (χ0) is 15.6. The van der Waals surface area contributed by atoms with Crippen molar-refractivity contribution >= 4 is 21.5 Å². The highest BCUT2D eigenvalue weighted by molar-refractivity contribution is 6.10. The molecule has 0 saturated heterocycles. The highest BCUT2D eigenvalue weighted by Crippen LogP contribution is 2.45. The van der Waals surface area contributed by atoms with E-state index in [1.165, 1.54) is 54.9 Å². The average molecular weight is 294 g/mol. The Kier molecular flexibility index (Phi) is 2.50. The summed E-state index contributed by atoms with van der Waals surface area (Å²) in [6.07, 6.45) is 1.05. The molecule has 1 aliphatic carbocycles. The minimum absolute atomic E-state index is 1.05. The van der Waals surface area contributed by atoms with Gasteiger partial charge in [-0.15, -0.1) is 0 Å². The van der Waals surface area contributed by atoms with E-state index in [1.54, 1.807) is 0 Å². The number of rotatable bonds is 0. The Morgan fingerprint density at radius 2 is 1.00 bits per heavy atom. The summed E-state index contributed by atoms with van der Waals surface area (Å²) in [5.41, 5.74) is 8.55. The van der Waals surface area contributed by atoms with Gasteiger partial charge in [-0.2, -0.15) is 0 Å². The molecule has 110 valence electrons. The molecule has 0 aliphatic heterocycles. The largest absolute Gasteiger partial charge is 0.0613 e. The molecule has 0 atom stereocenters. The first-order chi connectivity index (χ1) is 11.2. The number of hydrogen-bond donors (Lipinski definition) is 0. The highest BCUT2D eigenvalue weighted by atomic mass is 14.3. The summed E-state index contributed by atoms with van der Waals surface area (Å²) in [6, 6.07) is 22.6. The standard InChI is InChI=1S/C23H18/c1-14-5-3-7-20-18(14)11-9-16-13-17-10-12-19-15(2)6-4-8-21(19)23(17)22(16)20/h3-12H,13H2,1-2H3. The van der Waals surface area contributed by atoms with Crippen LogP contribution >= 0.6 is 0 Å². The lowest BCUT2D eigenvalue weighted by atomic mass is 9.92. The van der Waals surface area contributed by atoms with Crippen LogP contribution in [0, 0.1) is 13.8 Å². The Labute approximate surface area is 136 Å². The SMILES string of the molecule is Cc1cccc2c3c(ccc12)Cc1ccc2c(C)cccc2c1-3. The van der Waals surface area contributed by atoms with Gasteiger partial charge in [0.15, 0.2) is 0 Å². The van der Waals surface area contributed by atoms with Gasteiger partial charge in [0.1, 0.15) is 0 Å². The fourth-order valence-electron chi connectivity index (χ4n) is 4.21. The highest BCUT2D eigenvalue weighted by Gasteiger charge is 2.23. The Morgan fingerprint density at radius 1 is 0.522 bits per heavy atom. The number of aryl methyl sites for hydroxylation is 2. The molecule has 0 N–H and O–H groups in total. The first kappa shape index (κ1) is 12.9. The molecule has 4 aromatic carbocycles. The quantitative estimate of drug-likeness (QED) is 0.320. The lowest BCUT2D eigenvalue weighted by Gasteiger charge is -2.12. The molecule has 0 bridgehead atoms. The van der Waals surface area contributed by atoms with E-state index in [-0.39, 0.29) is 0 Å². The van der Waals surface area contributed by atoms with Crippen molar-refractivity contribution in [1.82, 2.24) is 0 Å². The topological polar surface area (TPSA) is 0 Å². The average Bonchev–Trinajstić information content (AvgIpc) is 2.95. The van der Waals surface area contributed by atoms with Gasteiger partial charge in [0.05, 0.1) is 0 Å². The zero-order valence-corrected chi connectivity index (χ0v) is 13.5. The third-order valence-electron chi connectivity index (χ3n) is 5.36. The second-order valence-corrected chi connectivity index (χ2v) is 6.72. The molecule has 0 saturated carbocycles. The molecular weight excluding hydrogens is 276 g/mol. The summed E-state index contributed by atoms with van der Waals surface area (Å²) < 4.78 is 0. The molecule has 0 heterocycles. The van der Waals surface area contributed by atoms with Crippen molar-refractivity contribution in [1.29, 1.82) is 0 Å². The first-order valence-corrected chi connectivity index (χ1v) is 8.27. The zero-order valence-electron chi connectivity index (χ0n) is 13.5. The third kappa shape index (κ3) is 1.66. The van der Waals surface area contributed by atoms with Gasteiger partial charge in [-0.1, -0.05) is 60.7 Å². The molecule has 0 spiro atoms. The summed E-state index contributed by atoms with van der Waals surface area (Å²) in [4.78, 5) is 0. The lowest BCUT2D eigenvalue weighted by Crippen LogP contribution is -1.87. The summed E-state index contributed by atoms with van der Waals surface area (Å²) in [5, 5.41) is 5.55. The molecule has 0 nitrogen and oxygen atoms in total. The minimum Gasteiger partial charge on any atom is -0.0613 e. The molecule has 0 aromatic heterocycles. The maximum atomic E-state index is 2.33. The van der Waals surface area contributed by atoms with Crippen LogP contribution < -0.4 is 0 Å². The van der Waals surface area contributed by atoms with Gasteiger partial charge in [-0.05, 0) is 75.2 Å². The van der Waals surface area contributed by atoms with Gasteiger partial charge in [-0.25, -0.2) is 0 Å². The van der Waals surface area contributed by atoms with Crippen LogP contribution in [0.15, 0.2) is 60.7 Å². The van der Waals surface area contributed by atoms with E-state index in [0.717, 1.165) is 6.42 Å². The number of hydrogen-bond acceptors (Lipinski definition) is 0. The van der Waals surface area contributed by atoms with E-state index in [1.807, 2.05) is 0 Å². The second-order valence-electron chi connectivity index (χ2n) is 6.72. The Morgan fingerprint density at radius 3 is 1.48 bits per heavy atom. The van der Waals surface area contributed by atoms with Crippen LogP contribution in [0.25, 0.3) is 32.7 Å². The van der Waals surface area contributed by atoms with E-state index < -0.39 is 0 Å². The van der Waals surface area contributed by atoms with Gasteiger partial charge < -0.3 is 0 Å². The van der Waals surface area contributed by atoms with Crippen molar-refractivity contribution in [3.8, 4) is 11.1 Å². The fraction of sp³-hybridized carbons (Fsp3) is 0.130. The van der Waals surface area contributed by atoms with Crippen molar-refractivity contribution in [3.05, 3.63) is 82.9 Å². The van der Waals surface area contributed by atoms with Gasteiger partial charge in [0.25, 0.3) is 0 Å². The maximum Gasteiger partial charge on any atom is -0.00130 e. The van der Waals surface area contributed by atoms with Crippen molar-refractivity contribution in [2.45, 2.75) is 20.3 Å². The van der Waals surface area contributed by atoms with Crippen LogP contribution in [0.4, 0.5) is 0 Å². The first-order valence-electron chi connectivity index (χ1n) is 8.27. The minimum atomic E-state index is 1.05. The van der Waals surface area contributed by atoms with E-state index in [0.29, 0.717) is 0 Å². The van der Waals surface area contributed by atoms with E-state index in [2.05, 4.69) is 74.5 Å². The number of benzene rings is 4. The van der Waals surface area contributed by atoms with Gasteiger partial charge >= 0.3 is 0 Å². The van der Waals surface area contributed by atoms with Crippen LogP contribution in [-0.4, -0.2) is 0 Å². The fourth-order valence-corrected chi connectivity index (χ4v) is 4.21. The van der Waals surface area contributed by atoms with Crippen LogP contribution in [0.2, 0.25) is 0 Å². The predicted molar refractivity (Wildman–Crippen MR) is 99.2 cm³/mol. The van der Waals surface area contributed by atoms with Crippen molar-refractivity contribution < 1.29 is 0 Å². The Hall–Kier alpha value is -2.60. The molecule has 0 fully saturated rings. The lowest BCUT2D eigenvalue weighted by molar-refractivity contribution is 1.27. The molecule has 0 unspecified atom stereocenters. The molecular formula is C23H18. The van der Waals surface area contributed by atoms with E-state index >= 15 is 0 Å². The Bertz CT molecular complexity index is 1010. The van der Waals surface area contributed by atoms with Crippen molar-refractivity contribution in [2.75, 3.05) is 0 Å². The monoisotopic (exact) mass is 294 g/mol. The predicted octanol–water partition coefficient (Wildman–Crippen LogP) is 6.18. The molecule has 0 radical (unpaired) electrons. The van der Waals surface area contributed by atoms with Crippen LogP contribution in [0.5, 0.6) is 0 Å². The molecule has 5 rings (SSSR count). The summed E-state index contributed by atoms with van der Waals surface area (Å²) in [6.45, 7) is 4.41. The summed E-state index contributed by atoms with van der Waals surface area (Å²) >= 11 is 0. The van der Waals surface area contributed by atoms with E-state index in [4.69, 9.17) is 0 Å². The van der Waals surface area contributed by atoms with Crippen LogP contribution in [0.3, 0.4) is 0 Å². The van der Waals surface area contributed by atoms with Crippen molar-refractivity contribution in [3.63, 3.8) is 0 Å². The number of fused-ring (bicyclic) bond motifs is 7. The molecule has 0 heteroatoms.